The second kappa shape index (κ2) is 7.22. The van der Waals surface area contributed by atoms with Crippen LogP contribution in [0.25, 0.3) is 0 Å². The Morgan fingerprint density at radius 1 is 1.37 bits per heavy atom. The molecule has 0 saturated carbocycles. The minimum absolute atomic E-state index is 0.270. The van der Waals surface area contributed by atoms with Gasteiger partial charge in [0.2, 0.25) is 0 Å². The lowest BCUT2D eigenvalue weighted by Gasteiger charge is -2.29. The first-order chi connectivity index (χ1) is 9.20. The Bertz CT molecular complexity index is 405. The summed E-state index contributed by atoms with van der Waals surface area (Å²) >= 11 is 6.03. The lowest BCUT2D eigenvalue weighted by molar-refractivity contribution is 0.207. The molecule has 0 bridgehead atoms. The van der Waals surface area contributed by atoms with Gasteiger partial charge in [-0.1, -0.05) is 30.7 Å². The molecule has 19 heavy (non-hydrogen) atoms. The summed E-state index contributed by atoms with van der Waals surface area (Å²) in [5, 5.41) is 3.65. The molecule has 0 unspecified atom stereocenters. The summed E-state index contributed by atoms with van der Waals surface area (Å²) in [6, 6.07) is 5.06. The fourth-order valence-corrected chi connectivity index (χ4v) is 2.83. The molecular formula is C15H22ClFN2. The fourth-order valence-electron chi connectivity index (χ4n) is 2.65. The summed E-state index contributed by atoms with van der Waals surface area (Å²) in [7, 11) is 0. The molecule has 1 saturated heterocycles. The van der Waals surface area contributed by atoms with E-state index >= 15 is 0 Å². The van der Waals surface area contributed by atoms with Crippen molar-refractivity contribution in [3.63, 3.8) is 0 Å². The van der Waals surface area contributed by atoms with Crippen molar-refractivity contribution in [2.24, 2.45) is 5.92 Å². The van der Waals surface area contributed by atoms with Crippen molar-refractivity contribution in [1.82, 2.24) is 10.2 Å². The van der Waals surface area contributed by atoms with Crippen LogP contribution in [0.2, 0.25) is 5.02 Å². The van der Waals surface area contributed by atoms with Crippen LogP contribution in [-0.2, 0) is 6.54 Å². The van der Waals surface area contributed by atoms with Gasteiger partial charge in [-0.15, -0.1) is 0 Å². The topological polar surface area (TPSA) is 15.3 Å². The Balaban J connectivity index is 1.96. The number of hydrogen-bond donors (Lipinski definition) is 1. The van der Waals surface area contributed by atoms with Crippen LogP contribution in [0.3, 0.4) is 0 Å². The standard InChI is InChI=1S/C15H22ClFN2/c1-2-19(10-12-6-8-18-9-7-12)11-13-4-3-5-14(17)15(13)16/h3-5,12,18H,2,6-11H2,1H3. The maximum Gasteiger partial charge on any atom is 0.142 e. The van der Waals surface area contributed by atoms with Gasteiger partial charge in [0.25, 0.3) is 0 Å². The average molecular weight is 285 g/mol. The minimum atomic E-state index is -0.322. The molecule has 0 spiro atoms. The highest BCUT2D eigenvalue weighted by Gasteiger charge is 2.17. The number of nitrogens with zero attached hydrogens (tertiary/aromatic N) is 1. The average Bonchev–Trinajstić information content (AvgIpc) is 2.44. The first-order valence-corrected chi connectivity index (χ1v) is 7.44. The molecule has 1 heterocycles. The first kappa shape index (κ1) is 14.8. The fraction of sp³-hybridized carbons (Fsp3) is 0.600. The van der Waals surface area contributed by atoms with Crippen molar-refractivity contribution in [3.05, 3.63) is 34.6 Å². The molecule has 0 aliphatic carbocycles. The highest BCUT2D eigenvalue weighted by Crippen LogP contribution is 2.22. The Kier molecular flexibility index (Phi) is 5.61. The number of benzene rings is 1. The third-order valence-electron chi connectivity index (χ3n) is 3.85. The van der Waals surface area contributed by atoms with E-state index in [1.54, 1.807) is 6.07 Å². The van der Waals surface area contributed by atoms with Crippen LogP contribution in [0, 0.1) is 11.7 Å². The van der Waals surface area contributed by atoms with E-state index in [1.165, 1.54) is 18.9 Å². The van der Waals surface area contributed by atoms with Gasteiger partial charge in [-0.3, -0.25) is 4.90 Å². The van der Waals surface area contributed by atoms with Crippen molar-refractivity contribution in [2.75, 3.05) is 26.2 Å². The summed E-state index contributed by atoms with van der Waals surface area (Å²) < 4.78 is 13.4. The second-order valence-corrected chi connectivity index (χ2v) is 5.61. The van der Waals surface area contributed by atoms with Gasteiger partial charge in [0.1, 0.15) is 5.82 Å². The molecule has 1 N–H and O–H groups in total. The SMILES string of the molecule is CCN(Cc1cccc(F)c1Cl)CC1CCNCC1. The van der Waals surface area contributed by atoms with Gasteiger partial charge in [0.15, 0.2) is 0 Å². The highest BCUT2D eigenvalue weighted by molar-refractivity contribution is 6.31. The van der Waals surface area contributed by atoms with Crippen LogP contribution in [0.5, 0.6) is 0 Å². The maximum atomic E-state index is 13.4. The van der Waals surface area contributed by atoms with Crippen molar-refractivity contribution >= 4 is 11.6 Å². The summed E-state index contributed by atoms with van der Waals surface area (Å²) in [4.78, 5) is 2.36. The van der Waals surface area contributed by atoms with Gasteiger partial charge in [-0.2, -0.15) is 0 Å². The van der Waals surface area contributed by atoms with Gasteiger partial charge < -0.3 is 5.32 Å². The number of rotatable bonds is 5. The van der Waals surface area contributed by atoms with Crippen molar-refractivity contribution in [2.45, 2.75) is 26.3 Å². The van der Waals surface area contributed by atoms with Crippen molar-refractivity contribution in [3.8, 4) is 0 Å². The van der Waals surface area contributed by atoms with E-state index in [4.69, 9.17) is 11.6 Å². The lowest BCUT2D eigenvalue weighted by atomic mass is 9.97. The summed E-state index contributed by atoms with van der Waals surface area (Å²) in [6.45, 7) is 7.15. The van der Waals surface area contributed by atoms with E-state index in [0.29, 0.717) is 0 Å². The summed E-state index contributed by atoms with van der Waals surface area (Å²) in [5.74, 6) is 0.422. The predicted molar refractivity (Wildman–Crippen MR) is 78.0 cm³/mol. The third kappa shape index (κ3) is 4.16. The molecule has 2 nitrogen and oxygen atoms in total. The molecule has 0 amide bonds. The van der Waals surface area contributed by atoms with Gasteiger partial charge in [-0.25, -0.2) is 4.39 Å². The monoisotopic (exact) mass is 284 g/mol. The van der Waals surface area contributed by atoms with Crippen LogP contribution in [-0.4, -0.2) is 31.1 Å². The van der Waals surface area contributed by atoms with Crippen LogP contribution < -0.4 is 5.32 Å². The molecule has 1 aromatic carbocycles. The van der Waals surface area contributed by atoms with Crippen LogP contribution in [0.1, 0.15) is 25.3 Å². The predicted octanol–water partition coefficient (Wildman–Crippen LogP) is 3.30. The Labute approximate surface area is 119 Å². The molecule has 0 radical (unpaired) electrons. The van der Waals surface area contributed by atoms with E-state index < -0.39 is 0 Å². The number of hydrogen-bond acceptors (Lipinski definition) is 2. The quantitative estimate of drug-likeness (QED) is 0.892. The van der Waals surface area contributed by atoms with Crippen LogP contribution in [0.15, 0.2) is 18.2 Å². The van der Waals surface area contributed by atoms with E-state index in [0.717, 1.165) is 44.2 Å². The van der Waals surface area contributed by atoms with Crippen LogP contribution in [0.4, 0.5) is 4.39 Å². The summed E-state index contributed by atoms with van der Waals surface area (Å²) in [6.07, 6.45) is 2.46. The zero-order chi connectivity index (χ0) is 13.7. The largest absolute Gasteiger partial charge is 0.317 e. The lowest BCUT2D eigenvalue weighted by Crippen LogP contribution is -2.36. The molecule has 2 rings (SSSR count). The van der Waals surface area contributed by atoms with Gasteiger partial charge in [-0.05, 0) is 50.0 Å². The number of nitrogens with one attached hydrogen (secondary N) is 1. The van der Waals surface area contributed by atoms with Gasteiger partial charge >= 0.3 is 0 Å². The molecule has 1 fully saturated rings. The second-order valence-electron chi connectivity index (χ2n) is 5.23. The maximum absolute atomic E-state index is 13.4. The summed E-state index contributed by atoms with van der Waals surface area (Å²) in [5.41, 5.74) is 0.887. The van der Waals surface area contributed by atoms with Gasteiger partial charge in [0, 0.05) is 13.1 Å². The molecule has 1 aliphatic rings. The van der Waals surface area contributed by atoms with E-state index in [-0.39, 0.29) is 10.8 Å². The Morgan fingerprint density at radius 3 is 2.79 bits per heavy atom. The molecule has 4 heteroatoms. The Hall–Kier alpha value is -0.640. The number of piperidine rings is 1. The van der Waals surface area contributed by atoms with Gasteiger partial charge in [0.05, 0.1) is 5.02 Å². The van der Waals surface area contributed by atoms with Crippen LogP contribution >= 0.6 is 11.6 Å². The molecular weight excluding hydrogens is 263 g/mol. The zero-order valence-corrected chi connectivity index (χ0v) is 12.2. The molecule has 0 aromatic heterocycles. The molecule has 0 atom stereocenters. The third-order valence-corrected chi connectivity index (χ3v) is 4.27. The smallest absolute Gasteiger partial charge is 0.142 e. The normalized spacial score (nSPS) is 17.1. The van der Waals surface area contributed by atoms with E-state index in [1.807, 2.05) is 6.07 Å². The Morgan fingerprint density at radius 2 is 2.11 bits per heavy atom. The van der Waals surface area contributed by atoms with Crippen molar-refractivity contribution < 1.29 is 4.39 Å². The van der Waals surface area contributed by atoms with Crippen molar-refractivity contribution in [1.29, 1.82) is 0 Å². The van der Waals surface area contributed by atoms with E-state index in [9.17, 15) is 4.39 Å². The number of halogens is 2. The zero-order valence-electron chi connectivity index (χ0n) is 11.5. The first-order valence-electron chi connectivity index (χ1n) is 7.06. The van der Waals surface area contributed by atoms with E-state index in [2.05, 4.69) is 17.1 Å². The molecule has 1 aliphatic heterocycles. The molecule has 106 valence electrons. The molecule has 1 aromatic rings. The highest BCUT2D eigenvalue weighted by atomic mass is 35.5. The minimum Gasteiger partial charge on any atom is -0.317 e.